The van der Waals surface area contributed by atoms with Gasteiger partial charge in [-0.3, -0.25) is 4.79 Å². The van der Waals surface area contributed by atoms with Crippen LogP contribution in [0.1, 0.15) is 33.1 Å². The van der Waals surface area contributed by atoms with Gasteiger partial charge in [-0.15, -0.1) is 0 Å². The predicted octanol–water partition coefficient (Wildman–Crippen LogP) is 1.24. The molecule has 14 heavy (non-hydrogen) atoms. The minimum atomic E-state index is 0.301. The van der Waals surface area contributed by atoms with Crippen LogP contribution in [0.4, 0.5) is 0 Å². The third-order valence-electron chi connectivity index (χ3n) is 3.06. The molecule has 0 saturated carbocycles. The molecule has 0 aromatic rings. The number of carbonyl (C=O) groups excluding carboxylic acids is 1. The van der Waals surface area contributed by atoms with Gasteiger partial charge in [0.25, 0.3) is 0 Å². The smallest absolute Gasteiger partial charge is 0.223 e. The van der Waals surface area contributed by atoms with E-state index in [0.717, 1.165) is 32.5 Å². The molecule has 3 nitrogen and oxygen atoms in total. The fourth-order valence-electron chi connectivity index (χ4n) is 1.75. The van der Waals surface area contributed by atoms with Crippen molar-refractivity contribution in [1.29, 1.82) is 0 Å². The Hall–Kier alpha value is -0.570. The summed E-state index contributed by atoms with van der Waals surface area (Å²) in [5.74, 6) is 0.301. The summed E-state index contributed by atoms with van der Waals surface area (Å²) in [6.45, 7) is 7.23. The molecule has 0 radical (unpaired) electrons. The van der Waals surface area contributed by atoms with Gasteiger partial charge in [-0.25, -0.2) is 0 Å². The Balaban J connectivity index is 2.30. The molecule has 1 N–H and O–H groups in total. The first-order chi connectivity index (χ1) is 6.55. The molecule has 1 fully saturated rings. The maximum Gasteiger partial charge on any atom is 0.223 e. The van der Waals surface area contributed by atoms with Crippen LogP contribution in [0.3, 0.4) is 0 Å². The molecule has 0 aromatic carbocycles. The molecule has 3 heteroatoms. The Morgan fingerprint density at radius 2 is 1.93 bits per heavy atom. The lowest BCUT2D eigenvalue weighted by Crippen LogP contribution is -2.41. The average Bonchev–Trinajstić information content (AvgIpc) is 2.14. The van der Waals surface area contributed by atoms with E-state index in [1.54, 1.807) is 0 Å². The Morgan fingerprint density at radius 3 is 2.43 bits per heavy atom. The monoisotopic (exact) mass is 198 g/mol. The zero-order valence-electron chi connectivity index (χ0n) is 9.60. The van der Waals surface area contributed by atoms with Crippen molar-refractivity contribution in [1.82, 2.24) is 10.2 Å². The maximum atomic E-state index is 11.7. The average molecular weight is 198 g/mol. The van der Waals surface area contributed by atoms with E-state index in [0.29, 0.717) is 17.7 Å². The van der Waals surface area contributed by atoms with Crippen molar-refractivity contribution in [2.45, 2.75) is 33.1 Å². The van der Waals surface area contributed by atoms with Gasteiger partial charge in [0.15, 0.2) is 0 Å². The molecule has 1 heterocycles. The summed E-state index contributed by atoms with van der Waals surface area (Å²) in [6.07, 6.45) is 2.91. The van der Waals surface area contributed by atoms with E-state index in [1.807, 2.05) is 11.9 Å². The van der Waals surface area contributed by atoms with E-state index < -0.39 is 0 Å². The summed E-state index contributed by atoms with van der Waals surface area (Å²) in [5.41, 5.74) is 0.430. The maximum absolute atomic E-state index is 11.7. The molecule has 0 spiro atoms. The van der Waals surface area contributed by atoms with E-state index in [1.165, 1.54) is 0 Å². The minimum Gasteiger partial charge on any atom is -0.343 e. The lowest BCUT2D eigenvalue weighted by molar-refractivity contribution is -0.133. The van der Waals surface area contributed by atoms with Crippen molar-refractivity contribution in [3.8, 4) is 0 Å². The lowest BCUT2D eigenvalue weighted by Gasteiger charge is -2.37. The molecule has 0 atom stereocenters. The number of rotatable bonds is 3. The second-order valence-electron chi connectivity index (χ2n) is 4.90. The third-order valence-corrected chi connectivity index (χ3v) is 3.06. The van der Waals surface area contributed by atoms with E-state index >= 15 is 0 Å². The number of nitrogens with zero attached hydrogens (tertiary/aromatic N) is 1. The summed E-state index contributed by atoms with van der Waals surface area (Å²) in [6, 6.07) is 0. The highest BCUT2D eigenvalue weighted by Crippen LogP contribution is 2.29. The molecule has 82 valence electrons. The highest BCUT2D eigenvalue weighted by Gasteiger charge is 2.27. The van der Waals surface area contributed by atoms with Gasteiger partial charge in [0.2, 0.25) is 5.91 Å². The van der Waals surface area contributed by atoms with Gasteiger partial charge < -0.3 is 10.2 Å². The molecule has 1 rings (SSSR count). The number of likely N-dealkylation sites (tertiary alicyclic amines) is 1. The summed E-state index contributed by atoms with van der Waals surface area (Å²) >= 11 is 0. The van der Waals surface area contributed by atoms with Gasteiger partial charge in [-0.05, 0) is 25.3 Å². The molecule has 0 bridgehead atoms. The Morgan fingerprint density at radius 1 is 1.36 bits per heavy atom. The van der Waals surface area contributed by atoms with Gasteiger partial charge >= 0.3 is 0 Å². The summed E-state index contributed by atoms with van der Waals surface area (Å²) < 4.78 is 0. The molecular weight excluding hydrogens is 176 g/mol. The number of hydrogen-bond donors (Lipinski definition) is 1. The van der Waals surface area contributed by atoms with Crippen LogP contribution < -0.4 is 5.32 Å². The van der Waals surface area contributed by atoms with Gasteiger partial charge in [-0.2, -0.15) is 0 Å². The third kappa shape index (κ3) is 3.29. The molecule has 0 aliphatic carbocycles. The van der Waals surface area contributed by atoms with Crippen LogP contribution in [0.5, 0.6) is 0 Å². The Kier molecular flexibility index (Phi) is 3.93. The van der Waals surface area contributed by atoms with Crippen molar-refractivity contribution in [3.05, 3.63) is 0 Å². The van der Waals surface area contributed by atoms with E-state index in [2.05, 4.69) is 19.2 Å². The molecule has 1 aliphatic heterocycles. The summed E-state index contributed by atoms with van der Waals surface area (Å²) in [4.78, 5) is 13.7. The quantitative estimate of drug-likeness (QED) is 0.740. The topological polar surface area (TPSA) is 32.3 Å². The van der Waals surface area contributed by atoms with Crippen molar-refractivity contribution < 1.29 is 4.79 Å². The standard InChI is InChI=1S/C11H22N2O/c1-11(2)5-8-13(9-6-11)10(14)4-7-12-3/h12H,4-9H2,1-3H3. The fourth-order valence-corrected chi connectivity index (χ4v) is 1.75. The largest absolute Gasteiger partial charge is 0.343 e. The number of amides is 1. The number of hydrogen-bond acceptors (Lipinski definition) is 2. The SMILES string of the molecule is CNCCC(=O)N1CCC(C)(C)CC1. The fraction of sp³-hybridized carbons (Fsp3) is 0.909. The van der Waals surface area contributed by atoms with Crippen LogP contribution in [0, 0.1) is 5.41 Å². The van der Waals surface area contributed by atoms with E-state index in [9.17, 15) is 4.79 Å². The predicted molar refractivity (Wildman–Crippen MR) is 58.1 cm³/mol. The highest BCUT2D eigenvalue weighted by atomic mass is 16.2. The lowest BCUT2D eigenvalue weighted by atomic mass is 9.82. The van der Waals surface area contributed by atoms with Crippen molar-refractivity contribution in [2.24, 2.45) is 5.41 Å². The first-order valence-corrected chi connectivity index (χ1v) is 5.47. The number of nitrogens with one attached hydrogen (secondary N) is 1. The first kappa shape index (κ1) is 11.5. The van der Waals surface area contributed by atoms with Crippen molar-refractivity contribution >= 4 is 5.91 Å². The van der Waals surface area contributed by atoms with E-state index in [-0.39, 0.29) is 0 Å². The first-order valence-electron chi connectivity index (χ1n) is 5.47. The summed E-state index contributed by atoms with van der Waals surface area (Å²) in [7, 11) is 1.88. The van der Waals surface area contributed by atoms with Crippen molar-refractivity contribution in [3.63, 3.8) is 0 Å². The van der Waals surface area contributed by atoms with E-state index in [4.69, 9.17) is 0 Å². The second-order valence-corrected chi connectivity index (χ2v) is 4.90. The zero-order valence-corrected chi connectivity index (χ0v) is 9.60. The van der Waals surface area contributed by atoms with Crippen LogP contribution in [0.2, 0.25) is 0 Å². The van der Waals surface area contributed by atoms with Crippen LogP contribution in [-0.2, 0) is 4.79 Å². The molecule has 0 aromatic heterocycles. The molecule has 1 amide bonds. The van der Waals surface area contributed by atoms with Crippen LogP contribution >= 0.6 is 0 Å². The highest BCUT2D eigenvalue weighted by molar-refractivity contribution is 5.76. The number of piperidine rings is 1. The molecule has 1 aliphatic rings. The Bertz CT molecular complexity index is 191. The van der Waals surface area contributed by atoms with Crippen LogP contribution in [0.15, 0.2) is 0 Å². The number of carbonyl (C=O) groups is 1. The van der Waals surface area contributed by atoms with Crippen molar-refractivity contribution in [2.75, 3.05) is 26.7 Å². The van der Waals surface area contributed by atoms with Gasteiger partial charge in [0, 0.05) is 26.1 Å². The molecular formula is C11H22N2O. The minimum absolute atomic E-state index is 0.301. The molecule has 1 saturated heterocycles. The van der Waals surface area contributed by atoms with Gasteiger partial charge in [0.1, 0.15) is 0 Å². The summed E-state index contributed by atoms with van der Waals surface area (Å²) in [5, 5.41) is 3.01. The zero-order chi connectivity index (χ0) is 10.6. The van der Waals surface area contributed by atoms with Gasteiger partial charge in [0.05, 0.1) is 0 Å². The Labute approximate surface area is 86.9 Å². The van der Waals surface area contributed by atoms with Crippen LogP contribution in [-0.4, -0.2) is 37.5 Å². The van der Waals surface area contributed by atoms with Gasteiger partial charge in [-0.1, -0.05) is 13.8 Å². The van der Waals surface area contributed by atoms with Crippen LogP contribution in [0.25, 0.3) is 0 Å². The second kappa shape index (κ2) is 4.78. The normalized spacial score (nSPS) is 20.9. The molecule has 0 unspecified atom stereocenters.